The summed E-state index contributed by atoms with van der Waals surface area (Å²) in [4.78, 5) is 32.1. The SMILES string of the molecule is CCOC(=O)C1=C(C)N=c2s/c(=C\c3ccccc3OCc3ccccc3Cl)c(=O)n2[C@H]1c1ccc(OC)cc1. The highest BCUT2D eigenvalue weighted by atomic mass is 35.5. The van der Waals surface area contributed by atoms with E-state index in [1.54, 1.807) is 43.7 Å². The van der Waals surface area contributed by atoms with Gasteiger partial charge in [-0.05, 0) is 49.8 Å². The number of benzene rings is 3. The number of halogens is 1. The summed E-state index contributed by atoms with van der Waals surface area (Å²) in [6.45, 7) is 4.00. The molecule has 1 aliphatic heterocycles. The lowest BCUT2D eigenvalue weighted by Gasteiger charge is -2.24. The molecule has 204 valence electrons. The third-order valence-electron chi connectivity index (χ3n) is 6.50. The molecule has 2 heterocycles. The van der Waals surface area contributed by atoms with E-state index in [1.807, 2.05) is 60.7 Å². The van der Waals surface area contributed by atoms with Gasteiger partial charge in [0.2, 0.25) is 0 Å². The molecule has 0 unspecified atom stereocenters. The number of nitrogens with zero attached hydrogens (tertiary/aromatic N) is 2. The van der Waals surface area contributed by atoms with Crippen LogP contribution in [0.4, 0.5) is 0 Å². The molecular weight excluding hydrogens is 548 g/mol. The molecule has 0 fully saturated rings. The molecule has 0 saturated heterocycles. The zero-order valence-corrected chi connectivity index (χ0v) is 23.8. The quantitative estimate of drug-likeness (QED) is 0.276. The molecule has 0 N–H and O–H groups in total. The zero-order valence-electron chi connectivity index (χ0n) is 22.2. The first kappa shape index (κ1) is 27.4. The van der Waals surface area contributed by atoms with Crippen molar-refractivity contribution in [2.45, 2.75) is 26.5 Å². The van der Waals surface area contributed by atoms with Gasteiger partial charge in [0.15, 0.2) is 4.80 Å². The van der Waals surface area contributed by atoms with Crippen LogP contribution in [0.3, 0.4) is 0 Å². The first-order valence-corrected chi connectivity index (χ1v) is 13.9. The van der Waals surface area contributed by atoms with Crippen molar-refractivity contribution in [2.24, 2.45) is 4.99 Å². The smallest absolute Gasteiger partial charge is 0.338 e. The molecule has 0 saturated carbocycles. The number of esters is 1. The highest BCUT2D eigenvalue weighted by molar-refractivity contribution is 7.07. The molecule has 40 heavy (non-hydrogen) atoms. The summed E-state index contributed by atoms with van der Waals surface area (Å²) in [7, 11) is 1.59. The minimum Gasteiger partial charge on any atom is -0.497 e. The van der Waals surface area contributed by atoms with Crippen LogP contribution in [0.5, 0.6) is 11.5 Å². The lowest BCUT2D eigenvalue weighted by molar-refractivity contribution is -0.139. The van der Waals surface area contributed by atoms with E-state index >= 15 is 0 Å². The van der Waals surface area contributed by atoms with Crippen LogP contribution >= 0.6 is 22.9 Å². The number of allylic oxidation sites excluding steroid dienone is 1. The van der Waals surface area contributed by atoms with E-state index in [4.69, 9.17) is 25.8 Å². The third kappa shape index (κ3) is 5.46. The van der Waals surface area contributed by atoms with E-state index in [0.717, 1.165) is 16.7 Å². The van der Waals surface area contributed by atoms with Crippen LogP contribution in [0, 0.1) is 0 Å². The van der Waals surface area contributed by atoms with E-state index in [1.165, 1.54) is 11.3 Å². The van der Waals surface area contributed by atoms with Crippen LogP contribution in [0.2, 0.25) is 5.02 Å². The van der Waals surface area contributed by atoms with Crippen LogP contribution in [0.25, 0.3) is 6.08 Å². The maximum absolute atomic E-state index is 13.9. The summed E-state index contributed by atoms with van der Waals surface area (Å²) in [5.41, 5.74) is 2.92. The molecular formula is C31H27ClN2O5S. The van der Waals surface area contributed by atoms with Crippen molar-refractivity contribution in [3.05, 3.63) is 125 Å². The van der Waals surface area contributed by atoms with Crippen LogP contribution in [0.1, 0.15) is 36.6 Å². The Morgan fingerprint density at radius 2 is 1.80 bits per heavy atom. The van der Waals surface area contributed by atoms with Crippen molar-refractivity contribution in [1.29, 1.82) is 0 Å². The fraction of sp³-hybridized carbons (Fsp3) is 0.194. The van der Waals surface area contributed by atoms with E-state index in [-0.39, 0.29) is 18.8 Å². The van der Waals surface area contributed by atoms with Crippen LogP contribution in [-0.2, 0) is 16.1 Å². The Morgan fingerprint density at radius 3 is 2.52 bits per heavy atom. The molecule has 0 amide bonds. The van der Waals surface area contributed by atoms with Gasteiger partial charge in [-0.2, -0.15) is 0 Å². The summed E-state index contributed by atoms with van der Waals surface area (Å²) in [6.07, 6.45) is 1.79. The highest BCUT2D eigenvalue weighted by Crippen LogP contribution is 2.31. The number of hydrogen-bond donors (Lipinski definition) is 0. The lowest BCUT2D eigenvalue weighted by atomic mass is 9.96. The summed E-state index contributed by atoms with van der Waals surface area (Å²) in [5.74, 6) is 0.781. The number of carbonyl (C=O) groups is 1. The second kappa shape index (κ2) is 11.9. The van der Waals surface area contributed by atoms with E-state index in [9.17, 15) is 9.59 Å². The van der Waals surface area contributed by atoms with Gasteiger partial charge in [-0.15, -0.1) is 0 Å². The number of carbonyl (C=O) groups excluding carboxylic acids is 1. The number of methoxy groups -OCH3 is 1. The molecule has 5 rings (SSSR count). The first-order chi connectivity index (χ1) is 19.4. The Bertz CT molecular complexity index is 1770. The zero-order chi connectivity index (χ0) is 28.2. The van der Waals surface area contributed by atoms with Crippen molar-refractivity contribution in [1.82, 2.24) is 4.57 Å². The Hall–Kier alpha value is -4.14. The van der Waals surface area contributed by atoms with Gasteiger partial charge in [0, 0.05) is 16.1 Å². The van der Waals surface area contributed by atoms with Crippen molar-refractivity contribution in [2.75, 3.05) is 13.7 Å². The number of para-hydroxylation sites is 1. The number of thiazole rings is 1. The third-order valence-corrected chi connectivity index (χ3v) is 7.85. The average Bonchev–Trinajstić information content (AvgIpc) is 3.26. The minimum absolute atomic E-state index is 0.209. The summed E-state index contributed by atoms with van der Waals surface area (Å²) < 4.78 is 18.8. The molecule has 3 aromatic carbocycles. The number of fused-ring (bicyclic) bond motifs is 1. The largest absolute Gasteiger partial charge is 0.497 e. The fourth-order valence-corrected chi connectivity index (χ4v) is 5.76. The normalized spacial score (nSPS) is 14.9. The van der Waals surface area contributed by atoms with Crippen molar-refractivity contribution in [3.8, 4) is 11.5 Å². The maximum Gasteiger partial charge on any atom is 0.338 e. The lowest BCUT2D eigenvalue weighted by Crippen LogP contribution is -2.39. The van der Waals surface area contributed by atoms with Crippen LogP contribution in [0.15, 0.2) is 93.9 Å². The Balaban J connectivity index is 1.60. The number of rotatable bonds is 8. The number of ether oxygens (including phenoxy) is 3. The monoisotopic (exact) mass is 574 g/mol. The molecule has 1 aromatic heterocycles. The first-order valence-electron chi connectivity index (χ1n) is 12.7. The van der Waals surface area contributed by atoms with E-state index < -0.39 is 12.0 Å². The Kier molecular flexibility index (Phi) is 8.19. The number of aromatic nitrogens is 1. The topological polar surface area (TPSA) is 79.1 Å². The molecule has 0 bridgehead atoms. The molecule has 0 spiro atoms. The minimum atomic E-state index is -0.699. The van der Waals surface area contributed by atoms with Crippen molar-refractivity contribution < 1.29 is 19.0 Å². The number of hydrogen-bond acceptors (Lipinski definition) is 7. The molecule has 0 radical (unpaired) electrons. The van der Waals surface area contributed by atoms with Gasteiger partial charge in [-0.3, -0.25) is 9.36 Å². The van der Waals surface area contributed by atoms with Crippen molar-refractivity contribution in [3.63, 3.8) is 0 Å². The van der Waals surface area contributed by atoms with Gasteiger partial charge in [0.05, 0.1) is 35.6 Å². The van der Waals surface area contributed by atoms with Crippen LogP contribution < -0.4 is 24.4 Å². The maximum atomic E-state index is 13.9. The highest BCUT2D eigenvalue weighted by Gasteiger charge is 2.33. The summed E-state index contributed by atoms with van der Waals surface area (Å²) in [5, 5.41) is 0.625. The molecule has 7 nitrogen and oxygen atoms in total. The van der Waals surface area contributed by atoms with Gasteiger partial charge >= 0.3 is 5.97 Å². The summed E-state index contributed by atoms with van der Waals surface area (Å²) >= 11 is 7.56. The van der Waals surface area contributed by atoms with Gasteiger partial charge < -0.3 is 14.2 Å². The molecule has 1 atom stereocenters. The van der Waals surface area contributed by atoms with Gasteiger partial charge in [-0.25, -0.2) is 9.79 Å². The van der Waals surface area contributed by atoms with Gasteiger partial charge in [0.25, 0.3) is 5.56 Å². The molecule has 1 aliphatic rings. The Labute approximate surface area is 240 Å². The Morgan fingerprint density at radius 1 is 1.07 bits per heavy atom. The van der Waals surface area contributed by atoms with Crippen molar-refractivity contribution >= 4 is 35.0 Å². The average molecular weight is 575 g/mol. The second-order valence-electron chi connectivity index (χ2n) is 8.99. The standard InChI is InChI=1S/C31H27ClN2O5S/c1-4-38-30(36)27-19(2)33-31-34(28(27)20-13-15-23(37-3)16-14-20)29(35)26(40-31)17-21-9-6-8-12-25(21)39-18-22-10-5-7-11-24(22)32/h5-17,28H,4,18H2,1-3H3/b26-17-/t28-/m0/s1. The van der Waals surface area contributed by atoms with Gasteiger partial charge in [-0.1, -0.05) is 71.5 Å². The molecule has 4 aromatic rings. The molecule has 0 aliphatic carbocycles. The summed E-state index contributed by atoms with van der Waals surface area (Å²) in [6, 6.07) is 21.6. The predicted molar refractivity (Wildman–Crippen MR) is 156 cm³/mol. The van der Waals surface area contributed by atoms with Gasteiger partial charge in [0.1, 0.15) is 18.1 Å². The predicted octanol–water partition coefficient (Wildman–Crippen LogP) is 5.04. The second-order valence-corrected chi connectivity index (χ2v) is 10.4. The molecule has 9 heteroatoms. The van der Waals surface area contributed by atoms with E-state index in [0.29, 0.717) is 37.1 Å². The van der Waals surface area contributed by atoms with Crippen LogP contribution in [-0.4, -0.2) is 24.3 Å². The van der Waals surface area contributed by atoms with E-state index in [2.05, 4.69) is 4.99 Å². The fourth-order valence-electron chi connectivity index (χ4n) is 4.54.